The molecule has 1 aromatic rings. The molecule has 0 bridgehead atoms. The molecule has 16 heavy (non-hydrogen) atoms. The molecule has 0 N–H and O–H groups in total. The Morgan fingerprint density at radius 2 is 1.88 bits per heavy atom. The summed E-state index contributed by atoms with van der Waals surface area (Å²) < 4.78 is 4.63. The van der Waals surface area contributed by atoms with Crippen molar-refractivity contribution in [2.24, 2.45) is 0 Å². The number of amides is 1. The molecule has 0 aliphatic rings. The summed E-state index contributed by atoms with van der Waals surface area (Å²) in [4.78, 5) is 24.0. The number of benzene rings is 1. The lowest BCUT2D eigenvalue weighted by atomic mass is 10.2. The molecular formula is C12H15NO3. The molecule has 0 spiro atoms. The van der Waals surface area contributed by atoms with Crippen LogP contribution in [0.5, 0.6) is 0 Å². The highest BCUT2D eigenvalue weighted by Gasteiger charge is 2.19. The second-order valence-electron chi connectivity index (χ2n) is 3.37. The molecule has 4 heteroatoms. The minimum atomic E-state index is -0.805. The molecule has 0 fully saturated rings. The topological polar surface area (TPSA) is 46.6 Å². The van der Waals surface area contributed by atoms with Gasteiger partial charge in [-0.05, 0) is 12.5 Å². The van der Waals surface area contributed by atoms with Crippen LogP contribution in [0, 0.1) is 0 Å². The van der Waals surface area contributed by atoms with Crippen molar-refractivity contribution in [1.82, 2.24) is 4.90 Å². The third kappa shape index (κ3) is 3.38. The minimum absolute atomic E-state index is 0.212. The van der Waals surface area contributed by atoms with Crippen LogP contribution in [0.15, 0.2) is 30.3 Å². The Morgan fingerprint density at radius 1 is 1.25 bits per heavy atom. The van der Waals surface area contributed by atoms with Gasteiger partial charge in [-0.2, -0.15) is 0 Å². The monoisotopic (exact) mass is 221 g/mol. The third-order valence-electron chi connectivity index (χ3n) is 2.06. The minimum Gasteiger partial charge on any atom is -0.459 e. The smallest absolute Gasteiger partial charge is 0.397 e. The third-order valence-corrected chi connectivity index (χ3v) is 2.06. The van der Waals surface area contributed by atoms with Gasteiger partial charge in [0.1, 0.15) is 0 Å². The van der Waals surface area contributed by atoms with E-state index in [1.165, 1.54) is 4.90 Å². The highest BCUT2D eigenvalue weighted by molar-refractivity contribution is 6.32. The quantitative estimate of drug-likeness (QED) is 0.569. The molecule has 4 nitrogen and oxygen atoms in total. The molecule has 1 rings (SSSR count). The summed E-state index contributed by atoms with van der Waals surface area (Å²) in [6.07, 6.45) is 0. The van der Waals surface area contributed by atoms with Crippen LogP contribution in [0.3, 0.4) is 0 Å². The summed E-state index contributed by atoms with van der Waals surface area (Å²) in [5, 5.41) is 0. The fraction of sp³-hybridized carbons (Fsp3) is 0.333. The summed E-state index contributed by atoms with van der Waals surface area (Å²) in [6, 6.07) is 9.47. The molecule has 0 aliphatic carbocycles. The lowest BCUT2D eigenvalue weighted by Crippen LogP contribution is -2.34. The molecule has 0 unspecified atom stereocenters. The Kier molecular flexibility index (Phi) is 4.51. The highest BCUT2D eigenvalue weighted by Crippen LogP contribution is 2.03. The largest absolute Gasteiger partial charge is 0.459 e. The summed E-state index contributed by atoms with van der Waals surface area (Å²) in [7, 11) is 1.58. The zero-order valence-electron chi connectivity index (χ0n) is 9.47. The molecule has 0 atom stereocenters. The predicted octanol–water partition coefficient (Wildman–Crippen LogP) is 1.21. The first-order chi connectivity index (χ1) is 7.65. The van der Waals surface area contributed by atoms with Gasteiger partial charge in [0.2, 0.25) is 0 Å². The number of ether oxygens (including phenoxy) is 1. The Morgan fingerprint density at radius 3 is 2.44 bits per heavy atom. The maximum atomic E-state index is 11.5. The van der Waals surface area contributed by atoms with Gasteiger partial charge in [0, 0.05) is 13.6 Å². The first kappa shape index (κ1) is 12.2. The first-order valence-corrected chi connectivity index (χ1v) is 5.11. The van der Waals surface area contributed by atoms with Gasteiger partial charge in [-0.1, -0.05) is 30.3 Å². The van der Waals surface area contributed by atoms with Gasteiger partial charge >= 0.3 is 11.9 Å². The Bertz CT molecular complexity index is 362. The van der Waals surface area contributed by atoms with E-state index in [4.69, 9.17) is 0 Å². The molecule has 1 amide bonds. The first-order valence-electron chi connectivity index (χ1n) is 5.11. The number of carbonyl (C=O) groups is 2. The normalized spacial score (nSPS) is 9.62. The van der Waals surface area contributed by atoms with E-state index in [1.807, 2.05) is 30.3 Å². The van der Waals surface area contributed by atoms with Crippen LogP contribution >= 0.6 is 0 Å². The van der Waals surface area contributed by atoms with Crippen LogP contribution in [0.2, 0.25) is 0 Å². The van der Waals surface area contributed by atoms with E-state index in [0.717, 1.165) is 5.56 Å². The number of hydrogen-bond acceptors (Lipinski definition) is 3. The summed E-state index contributed by atoms with van der Waals surface area (Å²) in [6.45, 7) is 2.28. The number of nitrogens with zero attached hydrogens (tertiary/aromatic N) is 1. The van der Waals surface area contributed by atoms with Crippen LogP contribution in [0.1, 0.15) is 12.5 Å². The average Bonchev–Trinajstić information content (AvgIpc) is 2.29. The maximum absolute atomic E-state index is 11.5. The fourth-order valence-corrected chi connectivity index (χ4v) is 1.28. The molecule has 0 aliphatic heterocycles. The van der Waals surface area contributed by atoms with Crippen molar-refractivity contribution in [1.29, 1.82) is 0 Å². The van der Waals surface area contributed by atoms with E-state index in [-0.39, 0.29) is 6.61 Å². The molecule has 86 valence electrons. The van der Waals surface area contributed by atoms with E-state index in [2.05, 4.69) is 4.74 Å². The highest BCUT2D eigenvalue weighted by atomic mass is 16.5. The Hall–Kier alpha value is -1.84. The van der Waals surface area contributed by atoms with Gasteiger partial charge in [0.15, 0.2) is 0 Å². The van der Waals surface area contributed by atoms with Crippen molar-refractivity contribution in [3.63, 3.8) is 0 Å². The van der Waals surface area contributed by atoms with Gasteiger partial charge in [-0.25, -0.2) is 4.79 Å². The number of hydrogen-bond donors (Lipinski definition) is 0. The predicted molar refractivity (Wildman–Crippen MR) is 59.5 cm³/mol. The molecule has 0 heterocycles. The van der Waals surface area contributed by atoms with Gasteiger partial charge in [0.25, 0.3) is 0 Å². The van der Waals surface area contributed by atoms with E-state index < -0.39 is 11.9 Å². The van der Waals surface area contributed by atoms with Crippen molar-refractivity contribution in [2.75, 3.05) is 13.7 Å². The van der Waals surface area contributed by atoms with Gasteiger partial charge in [-0.15, -0.1) is 0 Å². The number of likely N-dealkylation sites (N-methyl/N-ethyl adjacent to an activating group) is 1. The summed E-state index contributed by atoms with van der Waals surface area (Å²) in [5.41, 5.74) is 0.975. The Labute approximate surface area is 94.8 Å². The zero-order valence-corrected chi connectivity index (χ0v) is 9.47. The van der Waals surface area contributed by atoms with Crippen LogP contribution in [-0.2, 0) is 20.9 Å². The number of esters is 1. The standard InChI is InChI=1S/C12H15NO3/c1-3-16-12(15)11(14)13(2)9-10-7-5-4-6-8-10/h4-8H,3,9H2,1-2H3. The van der Waals surface area contributed by atoms with Crippen molar-refractivity contribution < 1.29 is 14.3 Å². The number of rotatable bonds is 3. The van der Waals surface area contributed by atoms with Gasteiger partial charge in [0.05, 0.1) is 6.61 Å². The van der Waals surface area contributed by atoms with Crippen molar-refractivity contribution in [3.8, 4) is 0 Å². The molecule has 0 aromatic heterocycles. The molecular weight excluding hydrogens is 206 g/mol. The van der Waals surface area contributed by atoms with Crippen LogP contribution in [-0.4, -0.2) is 30.4 Å². The molecule has 0 saturated heterocycles. The van der Waals surface area contributed by atoms with Crippen LogP contribution in [0.4, 0.5) is 0 Å². The zero-order chi connectivity index (χ0) is 12.0. The van der Waals surface area contributed by atoms with Gasteiger partial charge in [-0.3, -0.25) is 4.79 Å². The second kappa shape index (κ2) is 5.90. The Balaban J connectivity index is 2.55. The lowest BCUT2D eigenvalue weighted by molar-refractivity contribution is -0.159. The van der Waals surface area contributed by atoms with Crippen molar-refractivity contribution in [2.45, 2.75) is 13.5 Å². The van der Waals surface area contributed by atoms with E-state index in [1.54, 1.807) is 14.0 Å². The molecule has 0 saturated carbocycles. The van der Waals surface area contributed by atoms with Crippen LogP contribution in [0.25, 0.3) is 0 Å². The second-order valence-corrected chi connectivity index (χ2v) is 3.37. The number of carbonyl (C=O) groups excluding carboxylic acids is 2. The summed E-state index contributed by atoms with van der Waals surface area (Å²) in [5.74, 6) is -1.42. The average molecular weight is 221 g/mol. The van der Waals surface area contributed by atoms with Crippen LogP contribution < -0.4 is 0 Å². The fourth-order valence-electron chi connectivity index (χ4n) is 1.28. The lowest BCUT2D eigenvalue weighted by Gasteiger charge is -2.15. The SMILES string of the molecule is CCOC(=O)C(=O)N(C)Cc1ccccc1. The van der Waals surface area contributed by atoms with Crippen molar-refractivity contribution >= 4 is 11.9 Å². The van der Waals surface area contributed by atoms with Crippen molar-refractivity contribution in [3.05, 3.63) is 35.9 Å². The molecule has 1 aromatic carbocycles. The molecule has 0 radical (unpaired) electrons. The maximum Gasteiger partial charge on any atom is 0.397 e. The van der Waals surface area contributed by atoms with E-state index in [9.17, 15) is 9.59 Å². The van der Waals surface area contributed by atoms with Gasteiger partial charge < -0.3 is 9.64 Å². The summed E-state index contributed by atoms with van der Waals surface area (Å²) >= 11 is 0. The van der Waals surface area contributed by atoms with E-state index >= 15 is 0 Å². The van der Waals surface area contributed by atoms with E-state index in [0.29, 0.717) is 6.54 Å².